The van der Waals surface area contributed by atoms with Crippen molar-refractivity contribution in [1.82, 2.24) is 15.6 Å². The molecule has 152 valence electrons. The number of nitrogens with one attached hydrogen (secondary N) is 2. The predicted molar refractivity (Wildman–Crippen MR) is 96.0 cm³/mol. The number of alkyl halides is 3. The second-order valence-corrected chi connectivity index (χ2v) is 6.56. The molecule has 1 aromatic carbocycles. The van der Waals surface area contributed by atoms with Gasteiger partial charge in [-0.25, -0.2) is 14.2 Å². The van der Waals surface area contributed by atoms with E-state index in [-0.39, 0.29) is 22.5 Å². The molecule has 1 aromatic heterocycles. The Morgan fingerprint density at radius 2 is 1.96 bits per heavy atom. The first kappa shape index (κ1) is 22.0. The first-order valence-electron chi connectivity index (χ1n) is 7.88. The van der Waals surface area contributed by atoms with E-state index >= 15 is 0 Å². The summed E-state index contributed by atoms with van der Waals surface area (Å²) in [5.74, 6) is -0.882. The van der Waals surface area contributed by atoms with Crippen molar-refractivity contribution in [2.75, 3.05) is 6.61 Å². The lowest BCUT2D eigenvalue weighted by Crippen LogP contribution is -2.36. The van der Waals surface area contributed by atoms with Crippen LogP contribution in [0.5, 0.6) is 5.88 Å². The number of amides is 2. The highest BCUT2D eigenvalue weighted by Gasteiger charge is 2.28. The maximum atomic E-state index is 13.6. The molecular weight excluding hydrogens is 425 g/mol. The third-order valence-electron chi connectivity index (χ3n) is 3.49. The van der Waals surface area contributed by atoms with E-state index in [1.165, 1.54) is 24.4 Å². The van der Waals surface area contributed by atoms with Gasteiger partial charge in [0.2, 0.25) is 5.88 Å². The monoisotopic (exact) mass is 439 g/mol. The second kappa shape index (κ2) is 9.29. The van der Waals surface area contributed by atoms with E-state index in [1.807, 2.05) is 0 Å². The molecule has 0 radical (unpaired) electrons. The summed E-state index contributed by atoms with van der Waals surface area (Å²) in [6, 6.07) is 3.94. The van der Waals surface area contributed by atoms with Crippen LogP contribution >= 0.6 is 23.2 Å². The zero-order chi connectivity index (χ0) is 20.9. The summed E-state index contributed by atoms with van der Waals surface area (Å²) in [5, 5.41) is 5.16. The number of halogens is 6. The van der Waals surface area contributed by atoms with Crippen LogP contribution in [0.1, 0.15) is 24.1 Å². The molecule has 0 fully saturated rings. The van der Waals surface area contributed by atoms with Crippen molar-refractivity contribution < 1.29 is 27.1 Å². The smallest absolute Gasteiger partial charge is 0.422 e. The van der Waals surface area contributed by atoms with Gasteiger partial charge < -0.3 is 15.4 Å². The molecule has 1 atom stereocenters. The molecule has 11 heteroatoms. The van der Waals surface area contributed by atoms with E-state index in [4.69, 9.17) is 23.2 Å². The standard InChI is InChI=1S/C17H15Cl2F4N3O2/c1-9(11-5-14(20)13(19)6-12(11)18)26-16(27)25-7-10-2-3-24-15(4-10)28-8-17(21,22)23/h2-6,9H,7-8H2,1H3,(H2,25,26,27). The summed E-state index contributed by atoms with van der Waals surface area (Å²) >= 11 is 11.6. The van der Waals surface area contributed by atoms with Crippen molar-refractivity contribution >= 4 is 29.2 Å². The minimum atomic E-state index is -4.48. The minimum Gasteiger partial charge on any atom is -0.468 e. The van der Waals surface area contributed by atoms with Crippen LogP contribution in [0.4, 0.5) is 22.4 Å². The molecule has 2 amide bonds. The Balaban J connectivity index is 1.91. The molecule has 0 spiro atoms. The fourth-order valence-electron chi connectivity index (χ4n) is 2.17. The number of urea groups is 1. The van der Waals surface area contributed by atoms with Crippen molar-refractivity contribution in [2.45, 2.75) is 25.7 Å². The molecule has 0 saturated carbocycles. The SMILES string of the molecule is CC(NC(=O)NCc1ccnc(OCC(F)(F)F)c1)c1cc(F)c(Cl)cc1Cl. The number of nitrogens with zero attached hydrogens (tertiary/aromatic N) is 1. The highest BCUT2D eigenvalue weighted by Crippen LogP contribution is 2.28. The lowest BCUT2D eigenvalue weighted by atomic mass is 10.1. The van der Waals surface area contributed by atoms with Gasteiger partial charge in [-0.15, -0.1) is 0 Å². The second-order valence-electron chi connectivity index (χ2n) is 5.74. The number of pyridine rings is 1. The van der Waals surface area contributed by atoms with Gasteiger partial charge in [-0.3, -0.25) is 0 Å². The minimum absolute atomic E-state index is 0.00611. The molecule has 2 rings (SSSR count). The van der Waals surface area contributed by atoms with Gasteiger partial charge in [-0.2, -0.15) is 13.2 Å². The fraction of sp³-hybridized carbons (Fsp3) is 0.294. The van der Waals surface area contributed by atoms with Gasteiger partial charge in [-0.05, 0) is 36.2 Å². The number of carbonyl (C=O) groups is 1. The lowest BCUT2D eigenvalue weighted by molar-refractivity contribution is -0.154. The Morgan fingerprint density at radius 3 is 2.64 bits per heavy atom. The summed E-state index contributed by atoms with van der Waals surface area (Å²) in [5.41, 5.74) is 0.816. The summed E-state index contributed by atoms with van der Waals surface area (Å²) in [6.07, 6.45) is -3.21. The zero-order valence-corrected chi connectivity index (χ0v) is 15.9. The number of rotatable bonds is 6. The molecule has 2 aromatic rings. The molecule has 5 nitrogen and oxygen atoms in total. The number of aromatic nitrogens is 1. The van der Waals surface area contributed by atoms with Crippen molar-refractivity contribution in [1.29, 1.82) is 0 Å². The van der Waals surface area contributed by atoms with Gasteiger partial charge >= 0.3 is 12.2 Å². The number of benzene rings is 1. The van der Waals surface area contributed by atoms with E-state index in [0.717, 1.165) is 6.07 Å². The molecule has 0 aliphatic rings. The Labute approximate surface area is 168 Å². The lowest BCUT2D eigenvalue weighted by Gasteiger charge is -2.17. The van der Waals surface area contributed by atoms with E-state index in [9.17, 15) is 22.4 Å². The molecule has 0 bridgehead atoms. The number of carbonyl (C=O) groups excluding carboxylic acids is 1. The summed E-state index contributed by atoms with van der Waals surface area (Å²) in [7, 11) is 0. The Kier molecular flexibility index (Phi) is 7.31. The third-order valence-corrected chi connectivity index (χ3v) is 4.11. The molecule has 0 aliphatic carbocycles. The zero-order valence-electron chi connectivity index (χ0n) is 14.4. The first-order chi connectivity index (χ1) is 13.0. The molecule has 1 heterocycles. The third kappa shape index (κ3) is 6.72. The van der Waals surface area contributed by atoms with Crippen LogP contribution in [0, 0.1) is 5.82 Å². The molecule has 28 heavy (non-hydrogen) atoms. The molecule has 2 N–H and O–H groups in total. The molecule has 0 saturated heterocycles. The van der Waals surface area contributed by atoms with Crippen LogP contribution in [0.3, 0.4) is 0 Å². The predicted octanol–water partition coefficient (Wildman–Crippen LogP) is 5.03. The largest absolute Gasteiger partial charge is 0.468 e. The van der Waals surface area contributed by atoms with E-state index < -0.39 is 30.7 Å². The van der Waals surface area contributed by atoms with Gasteiger partial charge in [-0.1, -0.05) is 23.2 Å². The van der Waals surface area contributed by atoms with Crippen molar-refractivity contribution in [3.8, 4) is 5.88 Å². The quantitative estimate of drug-likeness (QED) is 0.490. The average molecular weight is 440 g/mol. The Bertz CT molecular complexity index is 850. The van der Waals surface area contributed by atoms with Crippen LogP contribution in [0.15, 0.2) is 30.5 Å². The van der Waals surface area contributed by atoms with Crippen molar-refractivity contribution in [3.05, 3.63) is 57.5 Å². The Morgan fingerprint density at radius 1 is 1.25 bits per heavy atom. The van der Waals surface area contributed by atoms with Crippen LogP contribution < -0.4 is 15.4 Å². The van der Waals surface area contributed by atoms with E-state index in [0.29, 0.717) is 11.1 Å². The first-order valence-corrected chi connectivity index (χ1v) is 8.64. The molecular formula is C17H15Cl2F4N3O2. The van der Waals surface area contributed by atoms with Gasteiger partial charge in [0.15, 0.2) is 6.61 Å². The highest BCUT2D eigenvalue weighted by molar-refractivity contribution is 6.35. The number of ether oxygens (including phenoxy) is 1. The summed E-state index contributed by atoms with van der Waals surface area (Å²) in [6.45, 7) is 0.142. The van der Waals surface area contributed by atoms with Crippen molar-refractivity contribution in [3.63, 3.8) is 0 Å². The van der Waals surface area contributed by atoms with Crippen LogP contribution in [-0.4, -0.2) is 23.8 Å². The molecule has 1 unspecified atom stereocenters. The maximum absolute atomic E-state index is 13.6. The van der Waals surface area contributed by atoms with Gasteiger partial charge in [0.25, 0.3) is 0 Å². The van der Waals surface area contributed by atoms with Crippen molar-refractivity contribution in [2.24, 2.45) is 0 Å². The topological polar surface area (TPSA) is 63.2 Å². The summed E-state index contributed by atoms with van der Waals surface area (Å²) in [4.78, 5) is 15.7. The Hall–Kier alpha value is -2.26. The van der Waals surface area contributed by atoms with Gasteiger partial charge in [0.1, 0.15) is 5.82 Å². The highest BCUT2D eigenvalue weighted by atomic mass is 35.5. The van der Waals surface area contributed by atoms with E-state index in [2.05, 4.69) is 20.4 Å². The van der Waals surface area contributed by atoms with Crippen LogP contribution in [-0.2, 0) is 6.54 Å². The molecule has 0 aliphatic heterocycles. The average Bonchev–Trinajstić information content (AvgIpc) is 2.61. The maximum Gasteiger partial charge on any atom is 0.422 e. The van der Waals surface area contributed by atoms with E-state index in [1.54, 1.807) is 6.92 Å². The number of hydrogen-bond acceptors (Lipinski definition) is 3. The van der Waals surface area contributed by atoms with Crippen LogP contribution in [0.2, 0.25) is 10.0 Å². The van der Waals surface area contributed by atoms with Gasteiger partial charge in [0, 0.05) is 23.8 Å². The number of hydrogen-bond donors (Lipinski definition) is 2. The normalized spacial score (nSPS) is 12.4. The summed E-state index contributed by atoms with van der Waals surface area (Å²) < 4.78 is 54.7. The fourth-order valence-corrected chi connectivity index (χ4v) is 2.72. The van der Waals surface area contributed by atoms with Gasteiger partial charge in [0.05, 0.1) is 11.1 Å². The van der Waals surface area contributed by atoms with Crippen LogP contribution in [0.25, 0.3) is 0 Å².